The Morgan fingerprint density at radius 1 is 0.395 bits per heavy atom. The zero-order chi connectivity index (χ0) is 30.1. The molecule has 43 heavy (non-hydrogen) atoms. The van der Waals surface area contributed by atoms with Crippen molar-refractivity contribution >= 4 is 48.9 Å². The van der Waals surface area contributed by atoms with Gasteiger partial charge < -0.3 is 4.40 Å². The van der Waals surface area contributed by atoms with Crippen LogP contribution in [0.4, 0.5) is 0 Å². The third-order valence-electron chi connectivity index (χ3n) is 9.60. The van der Waals surface area contributed by atoms with Gasteiger partial charge >= 0.3 is 0 Å². The quantitative estimate of drug-likeness (QED) is 0.0696. The van der Waals surface area contributed by atoms with Gasteiger partial charge in [-0.15, -0.1) is 0 Å². The number of rotatable bonds is 15. The molecule has 3 aromatic heterocycles. The molecule has 0 bridgehead atoms. The molecule has 0 N–H and O–H groups in total. The third kappa shape index (κ3) is 5.28. The minimum absolute atomic E-state index is 0.0605. The molecule has 224 valence electrons. The second kappa shape index (κ2) is 12.6. The number of unbranched alkanes of at least 4 members (excludes halogenated alkanes) is 9. The second-order valence-corrected chi connectivity index (χ2v) is 12.9. The molecule has 3 aromatic carbocycles. The molecule has 0 radical (unpaired) electrons. The SMILES string of the molecule is CCCCCCc1cc2c(=O)c3cc(CCCCCC)cc4c(=O)c5cc(CCCCCC)cc6c(=O)c(c1)c2n(c34)c65. The standard InChI is InChI=1S/C39H45NO3/c1-4-7-10-13-16-25-19-28-34-29(20-25)38(42)31-22-27(18-15-12-9-6-3)24-33-36(31)40(34)35-30(37(28)41)21-26(17-14-11-8-5-2)23-32(35)39(33)43/h19-24H,4-18H2,1-3H3. The lowest BCUT2D eigenvalue weighted by molar-refractivity contribution is 0.667. The zero-order valence-corrected chi connectivity index (χ0v) is 26.2. The summed E-state index contributed by atoms with van der Waals surface area (Å²) < 4.78 is 2.10. The zero-order valence-electron chi connectivity index (χ0n) is 26.2. The number of aryl methyl sites for hydroxylation is 3. The number of hydrogen-bond acceptors (Lipinski definition) is 3. The summed E-state index contributed by atoms with van der Waals surface area (Å²) in [6.45, 7) is 6.62. The van der Waals surface area contributed by atoms with Gasteiger partial charge in [-0.1, -0.05) is 78.6 Å². The van der Waals surface area contributed by atoms with Gasteiger partial charge in [-0.3, -0.25) is 14.4 Å². The van der Waals surface area contributed by atoms with Gasteiger partial charge in [0.1, 0.15) is 0 Å². The van der Waals surface area contributed by atoms with Crippen LogP contribution >= 0.6 is 0 Å². The van der Waals surface area contributed by atoms with E-state index in [9.17, 15) is 14.4 Å². The predicted octanol–water partition coefficient (Wildman–Crippen LogP) is 9.31. The fourth-order valence-corrected chi connectivity index (χ4v) is 7.32. The Balaban J connectivity index is 1.66. The lowest BCUT2D eigenvalue weighted by Crippen LogP contribution is -2.20. The highest BCUT2D eigenvalue weighted by atomic mass is 16.1. The predicted molar refractivity (Wildman–Crippen MR) is 183 cm³/mol. The fraction of sp³-hybridized carbons (Fsp3) is 0.462. The average molecular weight is 576 g/mol. The molecule has 0 amide bonds. The summed E-state index contributed by atoms with van der Waals surface area (Å²) in [5.41, 5.74) is 5.00. The lowest BCUT2D eigenvalue weighted by atomic mass is 9.92. The molecule has 0 saturated carbocycles. The van der Waals surface area contributed by atoms with Crippen molar-refractivity contribution in [2.45, 2.75) is 117 Å². The molecule has 4 heteroatoms. The minimum Gasteiger partial charge on any atom is -0.306 e. The maximum absolute atomic E-state index is 14.3. The molecule has 0 fully saturated rings. The molecule has 0 atom stereocenters. The lowest BCUT2D eigenvalue weighted by Gasteiger charge is -2.20. The topological polar surface area (TPSA) is 55.6 Å². The largest absolute Gasteiger partial charge is 0.306 e. The third-order valence-corrected chi connectivity index (χ3v) is 9.60. The van der Waals surface area contributed by atoms with Crippen molar-refractivity contribution in [3.63, 3.8) is 0 Å². The van der Waals surface area contributed by atoms with Crippen molar-refractivity contribution in [3.8, 4) is 0 Å². The molecular weight excluding hydrogens is 530 g/mol. The van der Waals surface area contributed by atoms with Crippen molar-refractivity contribution in [2.75, 3.05) is 0 Å². The highest BCUT2D eigenvalue weighted by molar-refractivity contribution is 6.16. The minimum atomic E-state index is -0.0605. The van der Waals surface area contributed by atoms with Gasteiger partial charge in [-0.25, -0.2) is 0 Å². The van der Waals surface area contributed by atoms with Crippen LogP contribution in [-0.2, 0) is 19.3 Å². The monoisotopic (exact) mass is 575 g/mol. The number of nitrogens with zero attached hydrogens (tertiary/aromatic N) is 1. The van der Waals surface area contributed by atoms with E-state index in [2.05, 4.69) is 25.2 Å². The van der Waals surface area contributed by atoms with Crippen LogP contribution in [0.1, 0.15) is 115 Å². The van der Waals surface area contributed by atoms with Crippen LogP contribution < -0.4 is 16.3 Å². The van der Waals surface area contributed by atoms with E-state index in [-0.39, 0.29) is 16.3 Å². The van der Waals surface area contributed by atoms with Crippen LogP contribution in [-0.4, -0.2) is 4.40 Å². The number of pyridine rings is 3. The van der Waals surface area contributed by atoms with Crippen LogP contribution in [0.2, 0.25) is 0 Å². The summed E-state index contributed by atoms with van der Waals surface area (Å²) in [6, 6.07) is 12.2. The second-order valence-electron chi connectivity index (χ2n) is 12.9. The Bertz CT molecular complexity index is 1710. The van der Waals surface area contributed by atoms with Gasteiger partial charge in [0, 0.05) is 32.3 Å². The Labute approximate surface area is 253 Å². The van der Waals surface area contributed by atoms with Gasteiger partial charge in [0.25, 0.3) is 0 Å². The van der Waals surface area contributed by atoms with E-state index in [1.807, 2.05) is 36.4 Å². The van der Waals surface area contributed by atoms with Crippen LogP contribution in [0.25, 0.3) is 48.9 Å². The highest BCUT2D eigenvalue weighted by Crippen LogP contribution is 2.34. The number of hydrogen-bond donors (Lipinski definition) is 0. The van der Waals surface area contributed by atoms with Crippen molar-refractivity contribution in [1.82, 2.24) is 4.40 Å². The molecule has 4 nitrogen and oxygen atoms in total. The summed E-state index contributed by atoms with van der Waals surface area (Å²) in [6.07, 6.45) is 16.1. The Morgan fingerprint density at radius 2 is 0.651 bits per heavy atom. The average Bonchev–Trinajstić information content (AvgIpc) is 3.02. The first-order valence-corrected chi connectivity index (χ1v) is 16.9. The first-order valence-electron chi connectivity index (χ1n) is 16.9. The van der Waals surface area contributed by atoms with E-state index >= 15 is 0 Å². The number of aromatic nitrogens is 1. The van der Waals surface area contributed by atoms with E-state index in [4.69, 9.17) is 0 Å². The van der Waals surface area contributed by atoms with Gasteiger partial charge in [-0.2, -0.15) is 0 Å². The van der Waals surface area contributed by atoms with Crippen LogP contribution in [0.15, 0.2) is 50.8 Å². The molecule has 0 unspecified atom stereocenters. The van der Waals surface area contributed by atoms with E-state index in [1.165, 1.54) is 38.5 Å². The first-order chi connectivity index (χ1) is 21.0. The van der Waals surface area contributed by atoms with Gasteiger partial charge in [0.15, 0.2) is 16.3 Å². The van der Waals surface area contributed by atoms with Crippen LogP contribution in [0, 0.1) is 0 Å². The van der Waals surface area contributed by atoms with E-state index < -0.39 is 0 Å². The van der Waals surface area contributed by atoms with Gasteiger partial charge in [-0.05, 0) is 91.6 Å². The summed E-state index contributed by atoms with van der Waals surface area (Å²) in [5.74, 6) is 0. The smallest absolute Gasteiger partial charge is 0.197 e. The summed E-state index contributed by atoms with van der Waals surface area (Å²) in [4.78, 5) is 42.8. The van der Waals surface area contributed by atoms with Gasteiger partial charge in [0.2, 0.25) is 0 Å². The van der Waals surface area contributed by atoms with Crippen LogP contribution in [0.3, 0.4) is 0 Å². The highest BCUT2D eigenvalue weighted by Gasteiger charge is 2.24. The Hall–Kier alpha value is -3.53. The van der Waals surface area contributed by atoms with Gasteiger partial charge in [0.05, 0.1) is 16.6 Å². The molecule has 0 spiro atoms. The molecule has 0 aliphatic rings. The maximum Gasteiger partial charge on any atom is 0.197 e. The molecule has 6 rings (SSSR count). The summed E-state index contributed by atoms with van der Waals surface area (Å²) in [5, 5.41) is 3.63. The molecule has 3 heterocycles. The van der Waals surface area contributed by atoms with Crippen LogP contribution in [0.5, 0.6) is 0 Å². The van der Waals surface area contributed by atoms with Crippen molar-refractivity contribution in [3.05, 3.63) is 83.8 Å². The van der Waals surface area contributed by atoms with Crippen molar-refractivity contribution < 1.29 is 0 Å². The molecule has 0 saturated heterocycles. The molecular formula is C39H45NO3. The van der Waals surface area contributed by atoms with E-state index in [0.29, 0.717) is 48.9 Å². The maximum atomic E-state index is 14.3. The fourth-order valence-electron chi connectivity index (χ4n) is 7.32. The normalized spacial score (nSPS) is 12.3. The molecule has 0 aliphatic heterocycles. The molecule has 6 aromatic rings. The van der Waals surface area contributed by atoms with Crippen molar-refractivity contribution in [1.29, 1.82) is 0 Å². The van der Waals surface area contributed by atoms with E-state index in [1.54, 1.807) is 0 Å². The van der Waals surface area contributed by atoms with Crippen molar-refractivity contribution in [2.24, 2.45) is 0 Å². The summed E-state index contributed by atoms with van der Waals surface area (Å²) in [7, 11) is 0. The Kier molecular flexibility index (Phi) is 8.66. The van der Waals surface area contributed by atoms with E-state index in [0.717, 1.165) is 74.5 Å². The summed E-state index contributed by atoms with van der Waals surface area (Å²) >= 11 is 0. The first kappa shape index (κ1) is 29.5. The number of benzene rings is 3. The Morgan fingerprint density at radius 3 is 0.884 bits per heavy atom. The molecule has 0 aliphatic carbocycles.